The molecule has 6 heteroatoms. The van der Waals surface area contributed by atoms with Gasteiger partial charge in [-0.2, -0.15) is 5.26 Å². The molecule has 0 aliphatic rings. The molecule has 21 heavy (non-hydrogen) atoms. The molecule has 2 aromatic heterocycles. The van der Waals surface area contributed by atoms with Crippen LogP contribution < -0.4 is 5.32 Å². The van der Waals surface area contributed by atoms with Crippen molar-refractivity contribution in [1.29, 1.82) is 5.26 Å². The zero-order valence-electron chi connectivity index (χ0n) is 11.4. The van der Waals surface area contributed by atoms with Gasteiger partial charge in [0, 0.05) is 18.7 Å². The number of carbonyl (C=O) groups is 2. The predicted molar refractivity (Wildman–Crippen MR) is 79.1 cm³/mol. The van der Waals surface area contributed by atoms with Crippen LogP contribution in [0.1, 0.15) is 39.1 Å². The summed E-state index contributed by atoms with van der Waals surface area (Å²) in [4.78, 5) is 28.5. The highest BCUT2D eigenvalue weighted by molar-refractivity contribution is 7.12. The second-order valence-corrected chi connectivity index (χ2v) is 5.47. The molecule has 0 aliphatic heterocycles. The Kier molecular flexibility index (Phi) is 4.80. The molecule has 0 saturated heterocycles. The Labute approximate surface area is 126 Å². The number of rotatable bonds is 5. The summed E-state index contributed by atoms with van der Waals surface area (Å²) >= 11 is 1.39. The van der Waals surface area contributed by atoms with E-state index in [1.54, 1.807) is 13.0 Å². The first-order chi connectivity index (χ1) is 10.1. The first-order valence-corrected chi connectivity index (χ1v) is 7.22. The van der Waals surface area contributed by atoms with Gasteiger partial charge in [-0.15, -0.1) is 11.3 Å². The lowest BCUT2D eigenvalue weighted by Gasteiger charge is -2.12. The summed E-state index contributed by atoms with van der Waals surface area (Å²) in [5, 5.41) is 13.2. The molecule has 0 unspecified atom stereocenters. The second-order valence-electron chi connectivity index (χ2n) is 4.52. The van der Waals surface area contributed by atoms with Crippen LogP contribution in [0.3, 0.4) is 0 Å². The standard InChI is InChI=1S/C15H13N3O2S/c1-10(7-13(19)14-3-2-6-21-14)18-15(20)12-5-4-11(8-16)9-17-12/h2-6,9-10H,7H2,1H3,(H,18,20)/t10-/m0/s1. The number of nitriles is 1. The Morgan fingerprint density at radius 2 is 2.24 bits per heavy atom. The van der Waals surface area contributed by atoms with E-state index in [4.69, 9.17) is 5.26 Å². The highest BCUT2D eigenvalue weighted by atomic mass is 32.1. The number of ketones is 1. The highest BCUT2D eigenvalue weighted by Gasteiger charge is 2.15. The molecule has 0 spiro atoms. The molecule has 1 N–H and O–H groups in total. The molecule has 0 fully saturated rings. The maximum absolute atomic E-state index is 12.0. The fraction of sp³-hybridized carbons (Fsp3) is 0.200. The van der Waals surface area contributed by atoms with Gasteiger partial charge in [-0.3, -0.25) is 9.59 Å². The molecular weight excluding hydrogens is 286 g/mol. The largest absolute Gasteiger partial charge is 0.348 e. The van der Waals surface area contributed by atoms with Crippen molar-refractivity contribution in [3.63, 3.8) is 0 Å². The van der Waals surface area contributed by atoms with Crippen molar-refractivity contribution in [3.8, 4) is 6.07 Å². The molecular formula is C15H13N3O2S. The molecule has 0 aliphatic carbocycles. The van der Waals surface area contributed by atoms with Crippen molar-refractivity contribution < 1.29 is 9.59 Å². The van der Waals surface area contributed by atoms with Gasteiger partial charge < -0.3 is 5.32 Å². The minimum Gasteiger partial charge on any atom is -0.348 e. The number of Topliss-reactive ketones (excluding diaryl/α,β-unsaturated/α-hetero) is 1. The summed E-state index contributed by atoms with van der Waals surface area (Å²) in [5.74, 6) is -0.350. The maximum atomic E-state index is 12.0. The molecule has 0 bridgehead atoms. The van der Waals surface area contributed by atoms with E-state index in [9.17, 15) is 9.59 Å². The van der Waals surface area contributed by atoms with E-state index in [1.807, 2.05) is 17.5 Å². The average Bonchev–Trinajstić information content (AvgIpc) is 3.01. The molecule has 0 radical (unpaired) electrons. The van der Waals surface area contributed by atoms with Crippen LogP contribution >= 0.6 is 11.3 Å². The molecule has 1 amide bonds. The van der Waals surface area contributed by atoms with Crippen molar-refractivity contribution in [2.24, 2.45) is 0 Å². The zero-order chi connectivity index (χ0) is 15.2. The Hall–Kier alpha value is -2.52. The van der Waals surface area contributed by atoms with Crippen LogP contribution in [0.4, 0.5) is 0 Å². The number of amides is 1. The van der Waals surface area contributed by atoms with Gasteiger partial charge in [-0.05, 0) is 30.5 Å². The third-order valence-electron chi connectivity index (χ3n) is 2.79. The van der Waals surface area contributed by atoms with Crippen molar-refractivity contribution in [2.75, 3.05) is 0 Å². The van der Waals surface area contributed by atoms with Crippen LogP contribution in [0.15, 0.2) is 35.8 Å². The van der Waals surface area contributed by atoms with Crippen molar-refractivity contribution >= 4 is 23.0 Å². The molecule has 0 aromatic carbocycles. The molecule has 2 rings (SSSR count). The third-order valence-corrected chi connectivity index (χ3v) is 3.70. The number of aromatic nitrogens is 1. The predicted octanol–water partition coefficient (Wildman–Crippen LogP) is 2.41. The van der Waals surface area contributed by atoms with Crippen LogP contribution in [0.2, 0.25) is 0 Å². The van der Waals surface area contributed by atoms with Gasteiger partial charge in [-0.1, -0.05) is 6.07 Å². The topological polar surface area (TPSA) is 82.9 Å². The van der Waals surface area contributed by atoms with Crippen LogP contribution in [0.5, 0.6) is 0 Å². The summed E-state index contributed by atoms with van der Waals surface area (Å²) in [6, 6.07) is 8.26. The Bertz CT molecular complexity index is 672. The maximum Gasteiger partial charge on any atom is 0.270 e. The number of carbonyl (C=O) groups excluding carboxylic acids is 2. The number of thiophene rings is 1. The number of pyridine rings is 1. The van der Waals surface area contributed by atoms with Crippen molar-refractivity contribution in [2.45, 2.75) is 19.4 Å². The third kappa shape index (κ3) is 3.97. The minimum atomic E-state index is -0.356. The number of hydrogen-bond acceptors (Lipinski definition) is 5. The van der Waals surface area contributed by atoms with E-state index in [-0.39, 0.29) is 29.8 Å². The molecule has 0 saturated carbocycles. The molecule has 1 atom stereocenters. The minimum absolute atomic E-state index is 0.00517. The van der Waals surface area contributed by atoms with Gasteiger partial charge >= 0.3 is 0 Å². The quantitative estimate of drug-likeness (QED) is 0.859. The Balaban J connectivity index is 1.92. The van der Waals surface area contributed by atoms with Gasteiger partial charge in [0.25, 0.3) is 5.91 Å². The van der Waals surface area contributed by atoms with Crippen molar-refractivity contribution in [1.82, 2.24) is 10.3 Å². The number of nitrogens with zero attached hydrogens (tertiary/aromatic N) is 2. The fourth-order valence-corrected chi connectivity index (χ4v) is 2.43. The normalized spacial score (nSPS) is 11.4. The summed E-state index contributed by atoms with van der Waals surface area (Å²) in [7, 11) is 0. The van der Waals surface area contributed by atoms with Gasteiger partial charge in [0.15, 0.2) is 5.78 Å². The molecule has 5 nitrogen and oxygen atoms in total. The number of hydrogen-bond donors (Lipinski definition) is 1. The lowest BCUT2D eigenvalue weighted by Crippen LogP contribution is -2.34. The van der Waals surface area contributed by atoms with E-state index < -0.39 is 0 Å². The first-order valence-electron chi connectivity index (χ1n) is 6.34. The lowest BCUT2D eigenvalue weighted by molar-refractivity contribution is 0.0915. The summed E-state index contributed by atoms with van der Waals surface area (Å²) in [6.45, 7) is 1.77. The first kappa shape index (κ1) is 14.9. The fourth-order valence-electron chi connectivity index (χ4n) is 1.76. The monoisotopic (exact) mass is 299 g/mol. The van der Waals surface area contributed by atoms with E-state index >= 15 is 0 Å². The summed E-state index contributed by atoms with van der Waals surface area (Å²) in [6.07, 6.45) is 1.58. The van der Waals surface area contributed by atoms with E-state index in [0.29, 0.717) is 10.4 Å². The molecule has 106 valence electrons. The molecule has 2 aromatic rings. The van der Waals surface area contributed by atoms with Crippen LogP contribution in [-0.2, 0) is 0 Å². The molecule has 2 heterocycles. The van der Waals surface area contributed by atoms with Gasteiger partial charge in [-0.25, -0.2) is 4.98 Å². The summed E-state index contributed by atoms with van der Waals surface area (Å²) in [5.41, 5.74) is 0.622. The van der Waals surface area contributed by atoms with Gasteiger partial charge in [0.2, 0.25) is 0 Å². The Morgan fingerprint density at radius 1 is 1.43 bits per heavy atom. The number of nitrogens with one attached hydrogen (secondary N) is 1. The van der Waals surface area contributed by atoms with Crippen LogP contribution in [0, 0.1) is 11.3 Å². The lowest BCUT2D eigenvalue weighted by atomic mass is 10.1. The smallest absolute Gasteiger partial charge is 0.270 e. The van der Waals surface area contributed by atoms with E-state index in [2.05, 4.69) is 10.3 Å². The van der Waals surface area contributed by atoms with Crippen molar-refractivity contribution in [3.05, 3.63) is 52.0 Å². The average molecular weight is 299 g/mol. The SMILES string of the molecule is C[C@@H](CC(=O)c1cccs1)NC(=O)c1ccc(C#N)cn1. The zero-order valence-corrected chi connectivity index (χ0v) is 12.2. The van der Waals surface area contributed by atoms with E-state index in [1.165, 1.54) is 29.7 Å². The highest BCUT2D eigenvalue weighted by Crippen LogP contribution is 2.12. The van der Waals surface area contributed by atoms with Crippen LogP contribution in [-0.4, -0.2) is 22.7 Å². The summed E-state index contributed by atoms with van der Waals surface area (Å²) < 4.78 is 0. The second kappa shape index (κ2) is 6.77. The Morgan fingerprint density at radius 3 is 2.81 bits per heavy atom. The van der Waals surface area contributed by atoms with E-state index in [0.717, 1.165) is 0 Å². The van der Waals surface area contributed by atoms with Gasteiger partial charge in [0.1, 0.15) is 11.8 Å². The van der Waals surface area contributed by atoms with Gasteiger partial charge in [0.05, 0.1) is 10.4 Å². The van der Waals surface area contributed by atoms with Crippen LogP contribution in [0.25, 0.3) is 0 Å².